The standard InChI is InChI=1S/C25H31N5O2S/c1-15-6-5-7-18(9-15)30-22-20(13-26-30)23(32)29-19(14-33-24(29)28-22)10-21(31)27-17-8-16(2)11-25(3,4)12-17/h5-7,9,13,16-17,19H,8,10-12,14H2,1-4H3,(H,27,31). The molecule has 5 rings (SSSR count). The topological polar surface area (TPSA) is 81.8 Å². The van der Waals surface area contributed by atoms with E-state index in [9.17, 15) is 9.59 Å². The lowest BCUT2D eigenvalue weighted by atomic mass is 9.70. The molecule has 174 valence electrons. The van der Waals surface area contributed by atoms with Crippen molar-refractivity contribution in [1.82, 2.24) is 24.6 Å². The first kappa shape index (κ1) is 22.2. The van der Waals surface area contributed by atoms with Crippen molar-refractivity contribution < 1.29 is 4.79 Å². The number of hydrogen-bond acceptors (Lipinski definition) is 5. The number of amides is 1. The lowest BCUT2D eigenvalue weighted by Crippen LogP contribution is -2.43. The van der Waals surface area contributed by atoms with Gasteiger partial charge in [0.1, 0.15) is 5.39 Å². The summed E-state index contributed by atoms with van der Waals surface area (Å²) < 4.78 is 3.42. The van der Waals surface area contributed by atoms with Gasteiger partial charge in [-0.2, -0.15) is 5.10 Å². The molecule has 0 bridgehead atoms. The Morgan fingerprint density at radius 1 is 1.30 bits per heavy atom. The van der Waals surface area contributed by atoms with Gasteiger partial charge in [-0.1, -0.05) is 44.7 Å². The van der Waals surface area contributed by atoms with Crippen LogP contribution in [0.2, 0.25) is 0 Å². The van der Waals surface area contributed by atoms with E-state index in [2.05, 4.69) is 31.2 Å². The van der Waals surface area contributed by atoms with Crippen LogP contribution in [-0.4, -0.2) is 37.0 Å². The van der Waals surface area contributed by atoms with Gasteiger partial charge in [0, 0.05) is 18.2 Å². The molecular formula is C25H31N5O2S. The molecule has 3 aromatic rings. The van der Waals surface area contributed by atoms with Crippen molar-refractivity contribution in [3.05, 3.63) is 46.4 Å². The monoisotopic (exact) mass is 465 g/mol. The summed E-state index contributed by atoms with van der Waals surface area (Å²) in [5.74, 6) is 1.30. The summed E-state index contributed by atoms with van der Waals surface area (Å²) in [5, 5.41) is 8.84. The maximum atomic E-state index is 13.4. The van der Waals surface area contributed by atoms with Crippen molar-refractivity contribution >= 4 is 28.7 Å². The Morgan fingerprint density at radius 2 is 2.12 bits per heavy atom. The maximum Gasteiger partial charge on any atom is 0.265 e. The van der Waals surface area contributed by atoms with Crippen LogP contribution in [0.15, 0.2) is 40.4 Å². The molecule has 1 aromatic carbocycles. The molecule has 7 nitrogen and oxygen atoms in total. The third-order valence-electron chi connectivity index (χ3n) is 6.79. The second kappa shape index (κ2) is 8.31. The molecule has 3 atom stereocenters. The quantitative estimate of drug-likeness (QED) is 0.582. The van der Waals surface area contributed by atoms with E-state index in [1.165, 1.54) is 18.2 Å². The Balaban J connectivity index is 1.38. The zero-order chi connectivity index (χ0) is 23.3. The molecule has 1 aliphatic carbocycles. The van der Waals surface area contributed by atoms with Crippen LogP contribution in [-0.2, 0) is 4.79 Å². The summed E-state index contributed by atoms with van der Waals surface area (Å²) >= 11 is 1.53. The van der Waals surface area contributed by atoms with Gasteiger partial charge in [0.05, 0.1) is 17.9 Å². The molecule has 1 amide bonds. The maximum absolute atomic E-state index is 13.4. The van der Waals surface area contributed by atoms with Gasteiger partial charge in [-0.25, -0.2) is 9.67 Å². The van der Waals surface area contributed by atoms with Crippen molar-refractivity contribution in [3.63, 3.8) is 0 Å². The molecule has 1 N–H and O–H groups in total. The van der Waals surface area contributed by atoms with E-state index in [1.807, 2.05) is 31.2 Å². The summed E-state index contributed by atoms with van der Waals surface area (Å²) in [6.45, 7) is 8.84. The van der Waals surface area contributed by atoms with E-state index in [4.69, 9.17) is 4.98 Å². The number of carbonyl (C=O) groups excluding carboxylic acids is 1. The van der Waals surface area contributed by atoms with Crippen molar-refractivity contribution in [1.29, 1.82) is 0 Å². The van der Waals surface area contributed by atoms with Gasteiger partial charge in [0.15, 0.2) is 10.8 Å². The number of benzene rings is 1. The summed E-state index contributed by atoms with van der Waals surface area (Å²) in [6, 6.07) is 7.98. The fourth-order valence-electron chi connectivity index (χ4n) is 5.69. The predicted molar refractivity (Wildman–Crippen MR) is 131 cm³/mol. The zero-order valence-electron chi connectivity index (χ0n) is 19.7. The van der Waals surface area contributed by atoms with E-state index in [-0.39, 0.29) is 29.0 Å². The van der Waals surface area contributed by atoms with Gasteiger partial charge < -0.3 is 5.32 Å². The molecule has 0 saturated heterocycles. The fraction of sp³-hybridized carbons (Fsp3) is 0.520. The summed E-state index contributed by atoms with van der Waals surface area (Å²) in [4.78, 5) is 31.1. The highest BCUT2D eigenvalue weighted by molar-refractivity contribution is 7.99. The summed E-state index contributed by atoms with van der Waals surface area (Å²) in [7, 11) is 0. The molecule has 33 heavy (non-hydrogen) atoms. The number of carbonyl (C=O) groups is 1. The van der Waals surface area contributed by atoms with Crippen LogP contribution in [0.25, 0.3) is 16.7 Å². The Hall–Kier alpha value is -2.61. The van der Waals surface area contributed by atoms with Gasteiger partial charge in [0.25, 0.3) is 5.56 Å². The van der Waals surface area contributed by atoms with Crippen LogP contribution >= 0.6 is 11.8 Å². The minimum Gasteiger partial charge on any atom is -0.353 e. The second-order valence-electron chi connectivity index (χ2n) is 10.5. The third kappa shape index (κ3) is 4.33. The minimum atomic E-state index is -0.189. The van der Waals surface area contributed by atoms with Crippen LogP contribution in [0.3, 0.4) is 0 Å². The van der Waals surface area contributed by atoms with Crippen LogP contribution in [0.5, 0.6) is 0 Å². The first-order valence-corrected chi connectivity index (χ1v) is 12.7. The number of aromatic nitrogens is 4. The van der Waals surface area contributed by atoms with Crippen LogP contribution in [0.4, 0.5) is 0 Å². The largest absolute Gasteiger partial charge is 0.353 e. The molecule has 0 radical (unpaired) electrons. The number of nitrogens with one attached hydrogen (secondary N) is 1. The Kier molecular flexibility index (Phi) is 5.59. The highest BCUT2D eigenvalue weighted by atomic mass is 32.2. The summed E-state index contributed by atoms with van der Waals surface area (Å²) in [6.07, 6.45) is 5.10. The van der Waals surface area contributed by atoms with Gasteiger partial charge in [-0.05, 0) is 55.2 Å². The second-order valence-corrected chi connectivity index (χ2v) is 11.5. The first-order valence-electron chi connectivity index (χ1n) is 11.7. The highest BCUT2D eigenvalue weighted by Gasteiger charge is 2.34. The highest BCUT2D eigenvalue weighted by Crippen LogP contribution is 2.39. The molecule has 2 aliphatic rings. The van der Waals surface area contributed by atoms with Crippen LogP contribution in [0, 0.1) is 18.3 Å². The molecule has 1 fully saturated rings. The minimum absolute atomic E-state index is 0.0193. The molecule has 3 unspecified atom stereocenters. The van der Waals surface area contributed by atoms with E-state index in [1.54, 1.807) is 15.4 Å². The zero-order valence-corrected chi connectivity index (χ0v) is 20.5. The van der Waals surface area contributed by atoms with Crippen molar-refractivity contribution in [2.45, 2.75) is 70.6 Å². The van der Waals surface area contributed by atoms with Gasteiger partial charge in [0.2, 0.25) is 5.91 Å². The number of fused-ring (bicyclic) bond motifs is 2. The molecule has 8 heteroatoms. The van der Waals surface area contributed by atoms with E-state index in [0.717, 1.165) is 24.1 Å². The Labute approximate surface area is 198 Å². The van der Waals surface area contributed by atoms with E-state index in [0.29, 0.717) is 34.3 Å². The molecule has 2 aromatic heterocycles. The number of rotatable bonds is 4. The molecule has 1 saturated carbocycles. The Bertz CT molecular complexity index is 1280. The number of hydrogen-bond donors (Lipinski definition) is 1. The average molecular weight is 466 g/mol. The number of nitrogens with zero attached hydrogens (tertiary/aromatic N) is 4. The first-order chi connectivity index (χ1) is 15.7. The molecule has 1 aliphatic heterocycles. The van der Waals surface area contributed by atoms with E-state index < -0.39 is 0 Å². The van der Waals surface area contributed by atoms with E-state index >= 15 is 0 Å². The molecule has 3 heterocycles. The summed E-state index contributed by atoms with van der Waals surface area (Å²) in [5.41, 5.74) is 2.68. The van der Waals surface area contributed by atoms with Crippen LogP contribution < -0.4 is 10.9 Å². The average Bonchev–Trinajstić information content (AvgIpc) is 3.31. The van der Waals surface area contributed by atoms with Crippen molar-refractivity contribution in [2.24, 2.45) is 11.3 Å². The molecule has 0 spiro atoms. The molecular weight excluding hydrogens is 434 g/mol. The predicted octanol–water partition coefficient (Wildman–Crippen LogP) is 4.26. The van der Waals surface area contributed by atoms with Gasteiger partial charge in [-0.15, -0.1) is 0 Å². The normalized spacial score (nSPS) is 24.1. The number of aryl methyl sites for hydroxylation is 1. The fourth-order valence-corrected chi connectivity index (χ4v) is 6.82. The Morgan fingerprint density at radius 3 is 2.88 bits per heavy atom. The van der Waals surface area contributed by atoms with Gasteiger partial charge in [-0.3, -0.25) is 14.2 Å². The SMILES string of the molecule is Cc1cccc(-n2ncc3c(=O)n4c(nc32)SCC4CC(=O)NC2CC(C)CC(C)(C)C2)c1. The lowest BCUT2D eigenvalue weighted by Gasteiger charge is -2.39. The number of thioether (sulfide) groups is 1. The van der Waals surface area contributed by atoms with Gasteiger partial charge >= 0.3 is 0 Å². The van der Waals surface area contributed by atoms with Crippen molar-refractivity contribution in [3.8, 4) is 5.69 Å². The lowest BCUT2D eigenvalue weighted by molar-refractivity contribution is -0.123. The third-order valence-corrected chi connectivity index (χ3v) is 7.89. The van der Waals surface area contributed by atoms with Crippen LogP contribution in [0.1, 0.15) is 58.1 Å². The smallest absolute Gasteiger partial charge is 0.265 e. The van der Waals surface area contributed by atoms with Crippen molar-refractivity contribution in [2.75, 3.05) is 5.75 Å².